The van der Waals surface area contributed by atoms with Gasteiger partial charge in [-0.2, -0.15) is 0 Å². The van der Waals surface area contributed by atoms with Crippen LogP contribution >= 0.6 is 0 Å². The Hall–Kier alpha value is -1.97. The summed E-state index contributed by atoms with van der Waals surface area (Å²) < 4.78 is 10.2. The Morgan fingerprint density at radius 1 is 1.35 bits per heavy atom. The molecule has 0 aromatic heterocycles. The lowest BCUT2D eigenvalue weighted by molar-refractivity contribution is -0.138. The summed E-state index contributed by atoms with van der Waals surface area (Å²) in [6.45, 7) is 1.97. The standard InChI is InChI=1S/C13H15NO3/c1-9(12-7-8-13(15)17-12)14-10-3-5-11(16-2)6-4-10/h3-9,12,14H,1-2H3/t9-,12+/m1/s1. The molecule has 0 radical (unpaired) electrons. The number of carbonyl (C=O) groups excluding carboxylic acids is 1. The fraction of sp³-hybridized carbons (Fsp3) is 0.308. The minimum Gasteiger partial charge on any atom is -0.497 e. The van der Waals surface area contributed by atoms with Crippen LogP contribution in [-0.2, 0) is 9.53 Å². The average Bonchev–Trinajstić information content (AvgIpc) is 2.77. The number of rotatable bonds is 4. The number of cyclic esters (lactones) is 1. The molecule has 1 aliphatic rings. The van der Waals surface area contributed by atoms with Crippen LogP contribution in [0.3, 0.4) is 0 Å². The van der Waals surface area contributed by atoms with E-state index < -0.39 is 0 Å². The predicted molar refractivity (Wildman–Crippen MR) is 65.1 cm³/mol. The van der Waals surface area contributed by atoms with Crippen molar-refractivity contribution in [3.63, 3.8) is 0 Å². The number of ether oxygens (including phenoxy) is 2. The number of hydrogen-bond acceptors (Lipinski definition) is 4. The van der Waals surface area contributed by atoms with Gasteiger partial charge in [-0.1, -0.05) is 0 Å². The van der Waals surface area contributed by atoms with Crippen LogP contribution in [0.4, 0.5) is 5.69 Å². The molecule has 90 valence electrons. The first-order chi connectivity index (χ1) is 8.19. The highest BCUT2D eigenvalue weighted by Crippen LogP contribution is 2.18. The Labute approximate surface area is 100 Å². The lowest BCUT2D eigenvalue weighted by Gasteiger charge is -2.20. The van der Waals surface area contributed by atoms with Crippen molar-refractivity contribution in [1.82, 2.24) is 0 Å². The van der Waals surface area contributed by atoms with E-state index in [1.165, 1.54) is 6.08 Å². The first-order valence-electron chi connectivity index (χ1n) is 5.48. The van der Waals surface area contributed by atoms with Gasteiger partial charge in [-0.15, -0.1) is 0 Å². The Morgan fingerprint density at radius 3 is 2.59 bits per heavy atom. The summed E-state index contributed by atoms with van der Waals surface area (Å²) in [6.07, 6.45) is 3.02. The Morgan fingerprint density at radius 2 is 2.06 bits per heavy atom. The van der Waals surface area contributed by atoms with Crippen molar-refractivity contribution < 1.29 is 14.3 Å². The molecule has 1 heterocycles. The summed E-state index contributed by atoms with van der Waals surface area (Å²) in [6, 6.07) is 7.65. The van der Waals surface area contributed by atoms with Gasteiger partial charge in [0.05, 0.1) is 13.2 Å². The van der Waals surface area contributed by atoms with Crippen LogP contribution in [0.5, 0.6) is 5.75 Å². The molecule has 1 aromatic carbocycles. The second-order valence-electron chi connectivity index (χ2n) is 3.92. The van der Waals surface area contributed by atoms with E-state index in [0.29, 0.717) is 0 Å². The van der Waals surface area contributed by atoms with E-state index in [9.17, 15) is 4.79 Å². The molecule has 0 unspecified atom stereocenters. The number of hydrogen-bond donors (Lipinski definition) is 1. The first kappa shape index (κ1) is 11.5. The minimum absolute atomic E-state index is 0.0334. The zero-order valence-electron chi connectivity index (χ0n) is 9.84. The SMILES string of the molecule is COc1ccc(N[C@H](C)[C@@H]2C=CC(=O)O2)cc1. The van der Waals surface area contributed by atoms with E-state index in [1.54, 1.807) is 13.2 Å². The van der Waals surface area contributed by atoms with Crippen LogP contribution in [0, 0.1) is 0 Å². The van der Waals surface area contributed by atoms with E-state index in [-0.39, 0.29) is 18.1 Å². The van der Waals surface area contributed by atoms with Crippen LogP contribution in [0.15, 0.2) is 36.4 Å². The van der Waals surface area contributed by atoms with Gasteiger partial charge in [0.15, 0.2) is 0 Å². The molecular formula is C13H15NO3. The van der Waals surface area contributed by atoms with Gasteiger partial charge in [0.1, 0.15) is 11.9 Å². The number of carbonyl (C=O) groups is 1. The van der Waals surface area contributed by atoms with Gasteiger partial charge < -0.3 is 14.8 Å². The molecule has 0 spiro atoms. The monoisotopic (exact) mass is 233 g/mol. The van der Waals surface area contributed by atoms with Crippen molar-refractivity contribution in [3.8, 4) is 5.75 Å². The quantitative estimate of drug-likeness (QED) is 0.808. The van der Waals surface area contributed by atoms with Gasteiger partial charge in [0.25, 0.3) is 0 Å². The topological polar surface area (TPSA) is 47.6 Å². The molecule has 0 bridgehead atoms. The van der Waals surface area contributed by atoms with E-state index in [2.05, 4.69) is 5.32 Å². The number of anilines is 1. The molecule has 2 atom stereocenters. The van der Waals surface area contributed by atoms with E-state index in [0.717, 1.165) is 11.4 Å². The molecule has 0 aliphatic carbocycles. The Bertz CT molecular complexity index is 425. The van der Waals surface area contributed by atoms with Crippen molar-refractivity contribution in [2.75, 3.05) is 12.4 Å². The Kier molecular flexibility index (Phi) is 3.32. The zero-order valence-corrected chi connectivity index (χ0v) is 9.84. The van der Waals surface area contributed by atoms with Crippen LogP contribution in [0.25, 0.3) is 0 Å². The largest absolute Gasteiger partial charge is 0.497 e. The molecule has 17 heavy (non-hydrogen) atoms. The van der Waals surface area contributed by atoms with Crippen LogP contribution < -0.4 is 10.1 Å². The molecule has 0 saturated carbocycles. The lowest BCUT2D eigenvalue weighted by Crippen LogP contribution is -2.30. The number of nitrogens with one attached hydrogen (secondary N) is 1. The fourth-order valence-electron chi connectivity index (χ4n) is 1.69. The maximum atomic E-state index is 10.9. The van der Waals surface area contributed by atoms with Gasteiger partial charge in [-0.25, -0.2) is 4.79 Å². The van der Waals surface area contributed by atoms with Crippen LogP contribution in [-0.4, -0.2) is 25.2 Å². The van der Waals surface area contributed by atoms with Crippen molar-refractivity contribution >= 4 is 11.7 Å². The maximum Gasteiger partial charge on any atom is 0.331 e. The van der Waals surface area contributed by atoms with Crippen LogP contribution in [0.2, 0.25) is 0 Å². The third kappa shape index (κ3) is 2.78. The van der Waals surface area contributed by atoms with E-state index in [4.69, 9.17) is 9.47 Å². The molecule has 0 amide bonds. The Balaban J connectivity index is 1.95. The molecule has 1 aliphatic heterocycles. The zero-order chi connectivity index (χ0) is 12.3. The smallest absolute Gasteiger partial charge is 0.331 e. The molecule has 4 nitrogen and oxygen atoms in total. The van der Waals surface area contributed by atoms with Crippen molar-refractivity contribution in [3.05, 3.63) is 36.4 Å². The summed E-state index contributed by atoms with van der Waals surface area (Å²) in [7, 11) is 1.63. The number of benzene rings is 1. The van der Waals surface area contributed by atoms with Crippen molar-refractivity contribution in [2.24, 2.45) is 0 Å². The second-order valence-corrected chi connectivity index (χ2v) is 3.92. The molecular weight excluding hydrogens is 218 g/mol. The molecule has 0 saturated heterocycles. The number of methoxy groups -OCH3 is 1. The molecule has 0 fully saturated rings. The fourth-order valence-corrected chi connectivity index (χ4v) is 1.69. The second kappa shape index (κ2) is 4.91. The van der Waals surface area contributed by atoms with Crippen molar-refractivity contribution in [1.29, 1.82) is 0 Å². The first-order valence-corrected chi connectivity index (χ1v) is 5.48. The van der Waals surface area contributed by atoms with E-state index in [1.807, 2.05) is 31.2 Å². The summed E-state index contributed by atoms with van der Waals surface area (Å²) in [5.41, 5.74) is 0.967. The van der Waals surface area contributed by atoms with Gasteiger partial charge >= 0.3 is 5.97 Å². The summed E-state index contributed by atoms with van der Waals surface area (Å²) in [5.74, 6) is 0.536. The van der Waals surface area contributed by atoms with Gasteiger partial charge in [0, 0.05) is 11.8 Å². The minimum atomic E-state index is -0.279. The molecule has 2 rings (SSSR count). The third-order valence-electron chi connectivity index (χ3n) is 2.65. The third-order valence-corrected chi connectivity index (χ3v) is 2.65. The van der Waals surface area contributed by atoms with Crippen LogP contribution in [0.1, 0.15) is 6.92 Å². The van der Waals surface area contributed by atoms with Gasteiger partial charge in [-0.3, -0.25) is 0 Å². The van der Waals surface area contributed by atoms with Gasteiger partial charge in [-0.05, 0) is 37.3 Å². The summed E-state index contributed by atoms with van der Waals surface area (Å²) in [5, 5.41) is 3.27. The summed E-state index contributed by atoms with van der Waals surface area (Å²) >= 11 is 0. The average molecular weight is 233 g/mol. The highest BCUT2D eigenvalue weighted by molar-refractivity contribution is 5.84. The molecule has 4 heteroatoms. The maximum absolute atomic E-state index is 10.9. The van der Waals surface area contributed by atoms with Gasteiger partial charge in [0.2, 0.25) is 0 Å². The van der Waals surface area contributed by atoms with E-state index >= 15 is 0 Å². The highest BCUT2D eigenvalue weighted by Gasteiger charge is 2.22. The number of esters is 1. The normalized spacial score (nSPS) is 19.9. The highest BCUT2D eigenvalue weighted by atomic mass is 16.5. The van der Waals surface area contributed by atoms with Crippen molar-refractivity contribution in [2.45, 2.75) is 19.1 Å². The predicted octanol–water partition coefficient (Wildman–Crippen LogP) is 1.98. The summed E-state index contributed by atoms with van der Waals surface area (Å²) in [4.78, 5) is 10.9. The molecule has 1 N–H and O–H groups in total. The lowest BCUT2D eigenvalue weighted by atomic mass is 10.1. The molecule has 1 aromatic rings.